The van der Waals surface area contributed by atoms with Crippen LogP contribution in [0, 0.1) is 19.3 Å². The number of nitrogens with one attached hydrogen (secondary N) is 1. The summed E-state index contributed by atoms with van der Waals surface area (Å²) in [4.78, 5) is 0. The van der Waals surface area contributed by atoms with Crippen LogP contribution in [0.15, 0.2) is 42.5 Å². The molecule has 0 amide bonds. The second-order valence-corrected chi connectivity index (χ2v) is 4.34. The van der Waals surface area contributed by atoms with Crippen molar-refractivity contribution in [1.82, 2.24) is 0 Å². The van der Waals surface area contributed by atoms with Gasteiger partial charge in [0.2, 0.25) is 0 Å². The molecule has 2 aromatic carbocycles. The van der Waals surface area contributed by atoms with Gasteiger partial charge in [-0.3, -0.25) is 5.41 Å². The summed E-state index contributed by atoms with van der Waals surface area (Å²) in [6.45, 7) is 4.05. The third kappa shape index (κ3) is 2.69. The number of nitrogens with two attached hydrogens (primary N) is 1. The third-order valence-corrected chi connectivity index (χ3v) is 2.60. The van der Waals surface area contributed by atoms with Gasteiger partial charge in [-0.2, -0.15) is 0 Å². The van der Waals surface area contributed by atoms with Crippen LogP contribution >= 0.6 is 0 Å². The van der Waals surface area contributed by atoms with Gasteiger partial charge < -0.3 is 10.5 Å². The van der Waals surface area contributed by atoms with Crippen LogP contribution in [-0.4, -0.2) is 5.84 Å². The predicted molar refractivity (Wildman–Crippen MR) is 73.4 cm³/mol. The zero-order valence-electron chi connectivity index (χ0n) is 10.5. The average Bonchev–Trinajstić information content (AvgIpc) is 2.27. The number of benzene rings is 2. The number of rotatable bonds is 3. The van der Waals surface area contributed by atoms with E-state index < -0.39 is 0 Å². The van der Waals surface area contributed by atoms with Crippen molar-refractivity contribution in [2.24, 2.45) is 5.73 Å². The minimum atomic E-state index is 0.00924. The monoisotopic (exact) mass is 240 g/mol. The SMILES string of the molecule is Cc1cc(C)cc(Oc2ccccc2C(=N)N)c1. The first-order valence-corrected chi connectivity index (χ1v) is 5.76. The number of hydrogen-bond donors (Lipinski definition) is 2. The molecule has 0 saturated heterocycles. The summed E-state index contributed by atoms with van der Waals surface area (Å²) in [5.41, 5.74) is 8.43. The summed E-state index contributed by atoms with van der Waals surface area (Å²) in [6.07, 6.45) is 0. The lowest BCUT2D eigenvalue weighted by molar-refractivity contribution is 0.480. The Balaban J connectivity index is 2.37. The number of aryl methyl sites for hydroxylation is 2. The molecule has 0 aromatic heterocycles. The fourth-order valence-corrected chi connectivity index (χ4v) is 1.90. The lowest BCUT2D eigenvalue weighted by atomic mass is 10.1. The van der Waals surface area contributed by atoms with Crippen LogP contribution in [0.2, 0.25) is 0 Å². The molecule has 3 heteroatoms. The first-order valence-electron chi connectivity index (χ1n) is 5.76. The van der Waals surface area contributed by atoms with Crippen LogP contribution < -0.4 is 10.5 Å². The Morgan fingerprint density at radius 3 is 2.28 bits per heavy atom. The fraction of sp³-hybridized carbons (Fsp3) is 0.133. The Morgan fingerprint density at radius 1 is 1.06 bits per heavy atom. The van der Waals surface area contributed by atoms with E-state index in [4.69, 9.17) is 15.9 Å². The van der Waals surface area contributed by atoms with Crippen LogP contribution in [0.1, 0.15) is 16.7 Å². The van der Waals surface area contributed by atoms with E-state index >= 15 is 0 Å². The number of amidine groups is 1. The number of ether oxygens (including phenoxy) is 1. The standard InChI is InChI=1S/C15H16N2O/c1-10-7-11(2)9-12(8-10)18-14-6-4-3-5-13(14)15(16)17/h3-9H,1-2H3,(H3,16,17). The molecule has 3 nitrogen and oxygen atoms in total. The highest BCUT2D eigenvalue weighted by Crippen LogP contribution is 2.26. The summed E-state index contributed by atoms with van der Waals surface area (Å²) < 4.78 is 5.81. The van der Waals surface area contributed by atoms with E-state index in [1.807, 2.05) is 44.2 Å². The molecule has 0 heterocycles. The third-order valence-electron chi connectivity index (χ3n) is 2.60. The number of nitrogen functional groups attached to an aromatic ring is 1. The topological polar surface area (TPSA) is 59.1 Å². The van der Waals surface area contributed by atoms with Gasteiger partial charge in [-0.15, -0.1) is 0 Å². The largest absolute Gasteiger partial charge is 0.457 e. The maximum absolute atomic E-state index is 7.52. The normalized spacial score (nSPS) is 10.1. The molecule has 0 bridgehead atoms. The van der Waals surface area contributed by atoms with Gasteiger partial charge in [0.1, 0.15) is 17.3 Å². The minimum absolute atomic E-state index is 0.00924. The molecule has 2 rings (SSSR count). The molecular weight excluding hydrogens is 224 g/mol. The molecular formula is C15H16N2O. The van der Waals surface area contributed by atoms with Crippen LogP contribution in [0.25, 0.3) is 0 Å². The van der Waals surface area contributed by atoms with Crippen molar-refractivity contribution in [3.63, 3.8) is 0 Å². The summed E-state index contributed by atoms with van der Waals surface area (Å²) in [6, 6.07) is 13.3. The first-order chi connectivity index (χ1) is 8.56. The van der Waals surface area contributed by atoms with Gasteiger partial charge in [-0.05, 0) is 49.2 Å². The predicted octanol–water partition coefficient (Wildman–Crippen LogP) is 3.38. The lowest BCUT2D eigenvalue weighted by Crippen LogP contribution is -2.12. The van der Waals surface area contributed by atoms with Crippen LogP contribution in [0.5, 0.6) is 11.5 Å². The number of para-hydroxylation sites is 1. The summed E-state index contributed by atoms with van der Waals surface area (Å²) in [5, 5.41) is 7.52. The molecule has 0 unspecified atom stereocenters. The van der Waals surface area contributed by atoms with Gasteiger partial charge >= 0.3 is 0 Å². The Bertz CT molecular complexity index is 571. The maximum atomic E-state index is 7.52. The molecule has 3 N–H and O–H groups in total. The molecule has 0 spiro atoms. The minimum Gasteiger partial charge on any atom is -0.457 e. The second-order valence-electron chi connectivity index (χ2n) is 4.34. The molecule has 0 aliphatic rings. The van der Waals surface area contributed by atoms with Crippen molar-refractivity contribution >= 4 is 5.84 Å². The van der Waals surface area contributed by atoms with Crippen molar-refractivity contribution in [3.8, 4) is 11.5 Å². The molecule has 2 aromatic rings. The van der Waals surface area contributed by atoms with Gasteiger partial charge in [0.25, 0.3) is 0 Å². The van der Waals surface area contributed by atoms with E-state index in [0.29, 0.717) is 11.3 Å². The maximum Gasteiger partial charge on any atom is 0.138 e. The Morgan fingerprint density at radius 2 is 1.67 bits per heavy atom. The Kier molecular flexibility index (Phi) is 3.33. The van der Waals surface area contributed by atoms with Gasteiger partial charge in [-0.25, -0.2) is 0 Å². The zero-order chi connectivity index (χ0) is 13.1. The van der Waals surface area contributed by atoms with Gasteiger partial charge in [0.15, 0.2) is 0 Å². The highest BCUT2D eigenvalue weighted by atomic mass is 16.5. The molecule has 18 heavy (non-hydrogen) atoms. The average molecular weight is 240 g/mol. The van der Waals surface area contributed by atoms with Crippen molar-refractivity contribution in [2.75, 3.05) is 0 Å². The molecule has 0 aliphatic heterocycles. The highest BCUT2D eigenvalue weighted by molar-refractivity contribution is 5.97. The second kappa shape index (κ2) is 4.92. The molecule has 0 atom stereocenters. The van der Waals surface area contributed by atoms with Crippen LogP contribution in [-0.2, 0) is 0 Å². The fourth-order valence-electron chi connectivity index (χ4n) is 1.90. The van der Waals surface area contributed by atoms with Gasteiger partial charge in [-0.1, -0.05) is 18.2 Å². The zero-order valence-corrected chi connectivity index (χ0v) is 10.5. The van der Waals surface area contributed by atoms with Crippen LogP contribution in [0.3, 0.4) is 0 Å². The van der Waals surface area contributed by atoms with Crippen molar-refractivity contribution < 1.29 is 4.74 Å². The van der Waals surface area contributed by atoms with Gasteiger partial charge in [0, 0.05) is 0 Å². The van der Waals surface area contributed by atoms with E-state index in [2.05, 4.69) is 6.07 Å². The molecule has 0 fully saturated rings. The number of hydrogen-bond acceptors (Lipinski definition) is 2. The van der Waals surface area contributed by atoms with E-state index in [-0.39, 0.29) is 5.84 Å². The Hall–Kier alpha value is -2.29. The summed E-state index contributed by atoms with van der Waals surface area (Å²) in [7, 11) is 0. The summed E-state index contributed by atoms with van der Waals surface area (Å²) >= 11 is 0. The van der Waals surface area contributed by atoms with E-state index in [1.54, 1.807) is 6.07 Å². The lowest BCUT2D eigenvalue weighted by Gasteiger charge is -2.11. The molecule has 0 aliphatic carbocycles. The Labute approximate surface area is 107 Å². The van der Waals surface area contributed by atoms with Gasteiger partial charge in [0.05, 0.1) is 5.56 Å². The highest BCUT2D eigenvalue weighted by Gasteiger charge is 2.07. The summed E-state index contributed by atoms with van der Waals surface area (Å²) in [5.74, 6) is 1.38. The van der Waals surface area contributed by atoms with E-state index in [0.717, 1.165) is 16.9 Å². The smallest absolute Gasteiger partial charge is 0.138 e. The molecule has 0 radical (unpaired) electrons. The first kappa shape index (κ1) is 12.2. The van der Waals surface area contributed by atoms with Crippen molar-refractivity contribution in [1.29, 1.82) is 5.41 Å². The van der Waals surface area contributed by atoms with E-state index in [1.165, 1.54) is 0 Å². The molecule has 92 valence electrons. The quantitative estimate of drug-likeness (QED) is 0.638. The van der Waals surface area contributed by atoms with Crippen LogP contribution in [0.4, 0.5) is 0 Å². The van der Waals surface area contributed by atoms with Crippen molar-refractivity contribution in [3.05, 3.63) is 59.2 Å². The molecule has 0 saturated carbocycles. The van der Waals surface area contributed by atoms with Crippen molar-refractivity contribution in [2.45, 2.75) is 13.8 Å². The van der Waals surface area contributed by atoms with E-state index in [9.17, 15) is 0 Å².